The van der Waals surface area contributed by atoms with Crippen LogP contribution in [0.2, 0.25) is 0 Å². The lowest BCUT2D eigenvalue weighted by molar-refractivity contribution is -0.385. The van der Waals surface area contributed by atoms with Crippen LogP contribution in [0.1, 0.15) is 11.3 Å². The molecule has 0 atom stereocenters. The molecule has 204 valence electrons. The third-order valence-corrected chi connectivity index (χ3v) is 5.71. The van der Waals surface area contributed by atoms with Crippen LogP contribution in [0.5, 0.6) is 0 Å². The van der Waals surface area contributed by atoms with Gasteiger partial charge in [0.15, 0.2) is 0 Å². The molecule has 0 aliphatic rings. The van der Waals surface area contributed by atoms with Gasteiger partial charge < -0.3 is 15.1 Å². The van der Waals surface area contributed by atoms with Crippen molar-refractivity contribution in [2.75, 3.05) is 16.1 Å². The number of aryl methyl sites for hydroxylation is 1. The fourth-order valence-electron chi connectivity index (χ4n) is 3.65. The summed E-state index contributed by atoms with van der Waals surface area (Å²) >= 11 is 0. The Morgan fingerprint density at radius 1 is 0.756 bits per heavy atom. The van der Waals surface area contributed by atoms with E-state index in [0.717, 1.165) is 11.3 Å². The smallest absolute Gasteiger partial charge is 0.269 e. The maximum Gasteiger partial charge on any atom is 0.269 e. The minimum atomic E-state index is -0.481. The number of nitrogens with one attached hydrogen (secondary N) is 3. The summed E-state index contributed by atoms with van der Waals surface area (Å²) in [4.78, 5) is 34.0. The predicted molar refractivity (Wildman–Crippen MR) is 153 cm³/mol. The van der Waals surface area contributed by atoms with Crippen molar-refractivity contribution in [3.8, 4) is 11.3 Å². The summed E-state index contributed by atoms with van der Waals surface area (Å²) in [7, 11) is 0. The molecule has 2 heterocycles. The second-order valence-electron chi connectivity index (χ2n) is 8.55. The fraction of sp³-hybridized carbons (Fsp3) is 0.0370. The Labute approximate surface area is 232 Å². The summed E-state index contributed by atoms with van der Waals surface area (Å²) in [5.74, 6) is 1.44. The first-order valence-electron chi connectivity index (χ1n) is 12.1. The first-order valence-corrected chi connectivity index (χ1v) is 12.1. The standard InChI is InChI=1S/C27H21N9O5/c1-17-4-2-3-5-23(17)30-26-31-25(29-19-8-12-21(13-9-19)36(39)40)32-27(33-26)34-28-16-22-14-15-24(41-22)18-6-10-20(11-7-18)35(37)38/h2-16H,1H3,(H3,29,30,31,32,33,34)/b28-16+. The van der Waals surface area contributed by atoms with Gasteiger partial charge in [-0.25, -0.2) is 5.43 Å². The van der Waals surface area contributed by atoms with Crippen LogP contribution in [0.15, 0.2) is 94.4 Å². The van der Waals surface area contributed by atoms with Gasteiger partial charge in [0, 0.05) is 41.2 Å². The lowest BCUT2D eigenvalue weighted by Gasteiger charge is -2.11. The monoisotopic (exact) mass is 551 g/mol. The van der Waals surface area contributed by atoms with Gasteiger partial charge in [0.2, 0.25) is 17.8 Å². The number of aromatic nitrogens is 3. The van der Waals surface area contributed by atoms with Crippen molar-refractivity contribution in [1.29, 1.82) is 0 Å². The highest BCUT2D eigenvalue weighted by Crippen LogP contribution is 2.25. The van der Waals surface area contributed by atoms with Gasteiger partial charge in [-0.3, -0.25) is 20.2 Å². The molecule has 0 saturated carbocycles. The van der Waals surface area contributed by atoms with Crippen LogP contribution in [-0.4, -0.2) is 31.0 Å². The van der Waals surface area contributed by atoms with Crippen molar-refractivity contribution < 1.29 is 14.3 Å². The predicted octanol–water partition coefficient (Wildman–Crippen LogP) is 6.19. The molecule has 0 fully saturated rings. The number of benzene rings is 3. The molecule has 0 unspecified atom stereocenters. The molecule has 5 aromatic rings. The lowest BCUT2D eigenvalue weighted by atomic mass is 10.1. The molecule has 3 aromatic carbocycles. The largest absolute Gasteiger partial charge is 0.455 e. The maximum atomic E-state index is 11.0. The van der Waals surface area contributed by atoms with E-state index in [4.69, 9.17) is 4.42 Å². The number of para-hydroxylation sites is 1. The number of nitro groups is 2. The Morgan fingerprint density at radius 3 is 2.02 bits per heavy atom. The molecular weight excluding hydrogens is 530 g/mol. The zero-order valence-electron chi connectivity index (χ0n) is 21.4. The number of rotatable bonds is 10. The number of hydrogen-bond acceptors (Lipinski definition) is 12. The van der Waals surface area contributed by atoms with Crippen LogP contribution in [0, 0.1) is 27.2 Å². The zero-order valence-corrected chi connectivity index (χ0v) is 21.4. The summed E-state index contributed by atoms with van der Waals surface area (Å²) in [5, 5.41) is 32.2. The molecule has 5 rings (SSSR count). The lowest BCUT2D eigenvalue weighted by Crippen LogP contribution is -2.07. The number of nitrogens with zero attached hydrogens (tertiary/aromatic N) is 6. The molecule has 0 amide bonds. The molecule has 0 aliphatic heterocycles. The van der Waals surface area contributed by atoms with Gasteiger partial charge in [-0.15, -0.1) is 0 Å². The van der Waals surface area contributed by atoms with Crippen LogP contribution >= 0.6 is 0 Å². The van der Waals surface area contributed by atoms with Gasteiger partial charge in [-0.05, 0) is 55.0 Å². The van der Waals surface area contributed by atoms with Gasteiger partial charge in [-0.2, -0.15) is 20.1 Å². The highest BCUT2D eigenvalue weighted by molar-refractivity contribution is 5.78. The van der Waals surface area contributed by atoms with Crippen LogP contribution < -0.4 is 16.1 Å². The third-order valence-electron chi connectivity index (χ3n) is 5.71. The minimum Gasteiger partial charge on any atom is -0.455 e. The first kappa shape index (κ1) is 26.4. The van der Waals surface area contributed by atoms with Crippen molar-refractivity contribution >= 4 is 46.8 Å². The zero-order chi connectivity index (χ0) is 28.8. The van der Waals surface area contributed by atoms with E-state index in [1.807, 2.05) is 31.2 Å². The van der Waals surface area contributed by atoms with Crippen molar-refractivity contribution in [2.45, 2.75) is 6.92 Å². The Morgan fingerprint density at radius 2 is 1.37 bits per heavy atom. The average molecular weight is 552 g/mol. The summed E-state index contributed by atoms with van der Waals surface area (Å²) in [6.45, 7) is 1.94. The van der Waals surface area contributed by atoms with Gasteiger partial charge >= 0.3 is 0 Å². The molecule has 0 radical (unpaired) electrons. The molecule has 0 bridgehead atoms. The highest BCUT2D eigenvalue weighted by atomic mass is 16.6. The topological polar surface area (TPSA) is 187 Å². The number of furan rings is 1. The molecule has 0 saturated heterocycles. The molecule has 14 nitrogen and oxygen atoms in total. The Kier molecular flexibility index (Phi) is 7.54. The van der Waals surface area contributed by atoms with Crippen molar-refractivity contribution in [2.24, 2.45) is 5.10 Å². The quantitative estimate of drug-likeness (QED) is 0.102. The summed E-state index contributed by atoms with van der Waals surface area (Å²) < 4.78 is 5.77. The molecule has 41 heavy (non-hydrogen) atoms. The minimum absolute atomic E-state index is 0.0117. The van der Waals surface area contributed by atoms with E-state index in [2.05, 4.69) is 36.1 Å². The summed E-state index contributed by atoms with van der Waals surface area (Å²) in [6.07, 6.45) is 1.43. The van der Waals surface area contributed by atoms with Crippen molar-refractivity contribution in [1.82, 2.24) is 15.0 Å². The SMILES string of the molecule is Cc1ccccc1Nc1nc(N/N=C/c2ccc(-c3ccc([N+](=O)[O-])cc3)o2)nc(Nc2ccc([N+](=O)[O-])cc2)n1. The van der Waals surface area contributed by atoms with Gasteiger partial charge in [0.05, 0.1) is 16.1 Å². The third kappa shape index (κ3) is 6.64. The van der Waals surface area contributed by atoms with E-state index >= 15 is 0 Å². The fourth-order valence-corrected chi connectivity index (χ4v) is 3.65. The Balaban J connectivity index is 1.35. The van der Waals surface area contributed by atoms with E-state index in [0.29, 0.717) is 22.8 Å². The second kappa shape index (κ2) is 11.7. The van der Waals surface area contributed by atoms with E-state index in [1.165, 1.54) is 30.5 Å². The Bertz CT molecular complexity index is 1740. The molecule has 14 heteroatoms. The maximum absolute atomic E-state index is 11.0. The second-order valence-corrected chi connectivity index (χ2v) is 8.55. The van der Waals surface area contributed by atoms with Crippen LogP contribution in [0.25, 0.3) is 11.3 Å². The van der Waals surface area contributed by atoms with Gasteiger partial charge in [0.25, 0.3) is 11.4 Å². The van der Waals surface area contributed by atoms with Gasteiger partial charge in [0.1, 0.15) is 11.5 Å². The molecule has 2 aromatic heterocycles. The van der Waals surface area contributed by atoms with E-state index in [9.17, 15) is 20.2 Å². The summed E-state index contributed by atoms with van der Waals surface area (Å²) in [6, 6.07) is 22.9. The van der Waals surface area contributed by atoms with Crippen molar-refractivity contribution in [3.05, 3.63) is 116 Å². The number of nitro benzene ring substituents is 2. The number of non-ortho nitro benzene ring substituents is 2. The van der Waals surface area contributed by atoms with E-state index in [-0.39, 0.29) is 29.2 Å². The van der Waals surface area contributed by atoms with Crippen molar-refractivity contribution in [3.63, 3.8) is 0 Å². The summed E-state index contributed by atoms with van der Waals surface area (Å²) in [5.41, 5.74) is 5.69. The van der Waals surface area contributed by atoms with Crippen LogP contribution in [0.3, 0.4) is 0 Å². The number of anilines is 5. The van der Waals surface area contributed by atoms with Crippen LogP contribution in [0.4, 0.5) is 40.6 Å². The number of hydrazone groups is 1. The van der Waals surface area contributed by atoms with E-state index < -0.39 is 9.85 Å². The molecule has 0 aliphatic carbocycles. The molecular formula is C27H21N9O5. The highest BCUT2D eigenvalue weighted by Gasteiger charge is 2.11. The van der Waals surface area contributed by atoms with Gasteiger partial charge in [-0.1, -0.05) is 18.2 Å². The normalized spacial score (nSPS) is 10.9. The molecule has 0 spiro atoms. The Hall–Kier alpha value is -6.18. The van der Waals surface area contributed by atoms with Crippen LogP contribution in [-0.2, 0) is 0 Å². The first-order chi connectivity index (χ1) is 19.8. The van der Waals surface area contributed by atoms with E-state index in [1.54, 1.807) is 36.4 Å². The molecule has 3 N–H and O–H groups in total. The number of hydrogen-bond donors (Lipinski definition) is 3. The average Bonchev–Trinajstić information content (AvgIpc) is 3.43.